The van der Waals surface area contributed by atoms with Gasteiger partial charge >= 0.3 is 0 Å². The standard InChI is InChI=1S/C13H10N2O2/c1-9-6-11(8-17-9)13(16)15-12-5-3-2-4-10(12)7-14/h2-6,8H,1H3,(H,15,16). The van der Waals surface area contributed by atoms with Crippen LogP contribution in [0.3, 0.4) is 0 Å². The van der Waals surface area contributed by atoms with Crippen LogP contribution in [0.25, 0.3) is 0 Å². The summed E-state index contributed by atoms with van der Waals surface area (Å²) in [7, 11) is 0. The quantitative estimate of drug-likeness (QED) is 0.856. The highest BCUT2D eigenvalue weighted by Crippen LogP contribution is 2.15. The molecule has 84 valence electrons. The Morgan fingerprint density at radius 1 is 1.41 bits per heavy atom. The molecule has 1 aromatic heterocycles. The Morgan fingerprint density at radius 3 is 2.82 bits per heavy atom. The van der Waals surface area contributed by atoms with Crippen molar-refractivity contribution in [1.29, 1.82) is 5.26 Å². The molecule has 2 aromatic rings. The Morgan fingerprint density at radius 2 is 2.18 bits per heavy atom. The predicted molar refractivity (Wildman–Crippen MR) is 62.6 cm³/mol. The minimum absolute atomic E-state index is 0.287. The molecular weight excluding hydrogens is 216 g/mol. The van der Waals surface area contributed by atoms with Crippen molar-refractivity contribution in [2.45, 2.75) is 6.92 Å². The summed E-state index contributed by atoms with van der Waals surface area (Å²) >= 11 is 0. The first-order chi connectivity index (χ1) is 8.20. The summed E-state index contributed by atoms with van der Waals surface area (Å²) < 4.78 is 5.05. The van der Waals surface area contributed by atoms with Gasteiger partial charge in [0.15, 0.2) is 0 Å². The number of para-hydroxylation sites is 1. The van der Waals surface area contributed by atoms with Gasteiger partial charge in [-0.25, -0.2) is 0 Å². The zero-order valence-electron chi connectivity index (χ0n) is 9.23. The number of carbonyl (C=O) groups is 1. The molecule has 1 heterocycles. The van der Waals surface area contributed by atoms with Crippen molar-refractivity contribution >= 4 is 11.6 Å². The molecule has 0 bridgehead atoms. The summed E-state index contributed by atoms with van der Waals surface area (Å²) in [6, 6.07) is 10.5. The Balaban J connectivity index is 2.22. The number of nitrogens with one attached hydrogen (secondary N) is 1. The number of benzene rings is 1. The van der Waals surface area contributed by atoms with Crippen LogP contribution in [0, 0.1) is 18.3 Å². The largest absolute Gasteiger partial charge is 0.469 e. The minimum atomic E-state index is -0.287. The van der Waals surface area contributed by atoms with Gasteiger partial charge in [0.1, 0.15) is 18.1 Å². The lowest BCUT2D eigenvalue weighted by molar-refractivity contribution is 0.102. The topological polar surface area (TPSA) is 66.0 Å². The maximum absolute atomic E-state index is 11.8. The third-order valence-electron chi connectivity index (χ3n) is 2.29. The molecule has 1 aromatic carbocycles. The zero-order chi connectivity index (χ0) is 12.3. The van der Waals surface area contributed by atoms with Gasteiger partial charge in [0.05, 0.1) is 16.8 Å². The molecule has 0 saturated heterocycles. The Labute approximate surface area is 98.5 Å². The lowest BCUT2D eigenvalue weighted by Gasteiger charge is -2.04. The number of hydrogen-bond acceptors (Lipinski definition) is 3. The fraction of sp³-hybridized carbons (Fsp3) is 0.0769. The van der Waals surface area contributed by atoms with Crippen molar-refractivity contribution < 1.29 is 9.21 Å². The summed E-state index contributed by atoms with van der Waals surface area (Å²) in [4.78, 5) is 11.8. The van der Waals surface area contributed by atoms with Crippen molar-refractivity contribution in [1.82, 2.24) is 0 Å². The van der Waals surface area contributed by atoms with E-state index in [9.17, 15) is 4.79 Å². The predicted octanol–water partition coefficient (Wildman–Crippen LogP) is 2.71. The molecule has 2 rings (SSSR count). The van der Waals surface area contributed by atoms with E-state index in [0.29, 0.717) is 22.6 Å². The number of nitriles is 1. The van der Waals surface area contributed by atoms with Crippen LogP contribution in [0.15, 0.2) is 41.0 Å². The summed E-state index contributed by atoms with van der Waals surface area (Å²) in [5, 5.41) is 11.6. The molecule has 1 N–H and O–H groups in total. The molecule has 4 nitrogen and oxygen atoms in total. The van der Waals surface area contributed by atoms with Crippen molar-refractivity contribution in [3.8, 4) is 6.07 Å². The summed E-state index contributed by atoms with van der Waals surface area (Å²) in [6.07, 6.45) is 1.39. The molecule has 1 amide bonds. The monoisotopic (exact) mass is 226 g/mol. The lowest BCUT2D eigenvalue weighted by Crippen LogP contribution is -2.11. The van der Waals surface area contributed by atoms with E-state index in [2.05, 4.69) is 5.32 Å². The van der Waals surface area contributed by atoms with E-state index >= 15 is 0 Å². The van der Waals surface area contributed by atoms with Gasteiger partial charge in [-0.3, -0.25) is 4.79 Å². The number of furan rings is 1. The average Bonchev–Trinajstić information content (AvgIpc) is 2.77. The molecular formula is C13H10N2O2. The van der Waals surface area contributed by atoms with E-state index in [1.165, 1.54) is 6.26 Å². The molecule has 0 aliphatic heterocycles. The van der Waals surface area contributed by atoms with Gasteiger partial charge in [0, 0.05) is 0 Å². The Bertz CT molecular complexity index is 593. The van der Waals surface area contributed by atoms with E-state index in [1.807, 2.05) is 6.07 Å². The van der Waals surface area contributed by atoms with Gasteiger partial charge < -0.3 is 9.73 Å². The fourth-order valence-electron chi connectivity index (χ4n) is 1.45. The van der Waals surface area contributed by atoms with Gasteiger partial charge in [-0.15, -0.1) is 0 Å². The van der Waals surface area contributed by atoms with Crippen LogP contribution in [0.4, 0.5) is 5.69 Å². The van der Waals surface area contributed by atoms with Crippen molar-refractivity contribution in [3.63, 3.8) is 0 Å². The number of amides is 1. The number of carbonyl (C=O) groups excluding carboxylic acids is 1. The minimum Gasteiger partial charge on any atom is -0.469 e. The SMILES string of the molecule is Cc1cc(C(=O)Nc2ccccc2C#N)co1. The Kier molecular flexibility index (Phi) is 2.93. The van der Waals surface area contributed by atoms with Crippen LogP contribution in [0.1, 0.15) is 21.7 Å². The molecule has 0 fully saturated rings. The third kappa shape index (κ3) is 2.34. The smallest absolute Gasteiger partial charge is 0.258 e. The summed E-state index contributed by atoms with van der Waals surface area (Å²) in [5.74, 6) is 0.383. The van der Waals surface area contributed by atoms with E-state index in [4.69, 9.17) is 9.68 Å². The maximum Gasteiger partial charge on any atom is 0.258 e. The first-order valence-electron chi connectivity index (χ1n) is 5.06. The zero-order valence-corrected chi connectivity index (χ0v) is 9.23. The van der Waals surface area contributed by atoms with Crippen LogP contribution in [-0.2, 0) is 0 Å². The summed E-state index contributed by atoms with van der Waals surface area (Å²) in [5.41, 5.74) is 1.37. The first kappa shape index (κ1) is 11.0. The molecule has 0 aliphatic rings. The van der Waals surface area contributed by atoms with Crippen LogP contribution in [-0.4, -0.2) is 5.91 Å². The fourth-order valence-corrected chi connectivity index (χ4v) is 1.45. The van der Waals surface area contributed by atoms with Gasteiger partial charge in [0.2, 0.25) is 0 Å². The van der Waals surface area contributed by atoms with Gasteiger partial charge in [-0.2, -0.15) is 5.26 Å². The number of anilines is 1. The van der Waals surface area contributed by atoms with Crippen molar-refractivity contribution in [2.75, 3.05) is 5.32 Å². The second kappa shape index (κ2) is 4.54. The van der Waals surface area contributed by atoms with Crippen LogP contribution in [0.2, 0.25) is 0 Å². The highest BCUT2D eigenvalue weighted by Gasteiger charge is 2.10. The van der Waals surface area contributed by atoms with Crippen molar-refractivity contribution in [2.24, 2.45) is 0 Å². The van der Waals surface area contributed by atoms with E-state index in [0.717, 1.165) is 0 Å². The number of hydrogen-bond donors (Lipinski definition) is 1. The van der Waals surface area contributed by atoms with Crippen LogP contribution in [0.5, 0.6) is 0 Å². The molecule has 0 aliphatic carbocycles. The van der Waals surface area contributed by atoms with Gasteiger partial charge in [0.25, 0.3) is 5.91 Å². The number of aryl methyl sites for hydroxylation is 1. The van der Waals surface area contributed by atoms with Crippen LogP contribution < -0.4 is 5.32 Å². The third-order valence-corrected chi connectivity index (χ3v) is 2.29. The highest BCUT2D eigenvalue weighted by atomic mass is 16.3. The average molecular weight is 226 g/mol. The number of rotatable bonds is 2. The molecule has 0 saturated carbocycles. The Hall–Kier alpha value is -2.54. The van der Waals surface area contributed by atoms with Gasteiger partial charge in [-0.1, -0.05) is 12.1 Å². The lowest BCUT2D eigenvalue weighted by atomic mass is 10.2. The van der Waals surface area contributed by atoms with Crippen LogP contribution >= 0.6 is 0 Å². The van der Waals surface area contributed by atoms with E-state index in [-0.39, 0.29) is 5.91 Å². The molecule has 0 spiro atoms. The normalized spacial score (nSPS) is 9.65. The van der Waals surface area contributed by atoms with E-state index in [1.54, 1.807) is 37.3 Å². The van der Waals surface area contributed by atoms with Gasteiger partial charge in [-0.05, 0) is 25.1 Å². The molecule has 4 heteroatoms. The second-order valence-corrected chi connectivity index (χ2v) is 3.56. The molecule has 0 unspecified atom stereocenters. The highest BCUT2D eigenvalue weighted by molar-refractivity contribution is 6.04. The van der Waals surface area contributed by atoms with Crippen molar-refractivity contribution in [3.05, 3.63) is 53.5 Å². The first-order valence-corrected chi connectivity index (χ1v) is 5.06. The molecule has 0 radical (unpaired) electrons. The molecule has 17 heavy (non-hydrogen) atoms. The summed E-state index contributed by atoms with van der Waals surface area (Å²) in [6.45, 7) is 1.76. The molecule has 0 atom stereocenters. The van der Waals surface area contributed by atoms with E-state index < -0.39 is 0 Å². The second-order valence-electron chi connectivity index (χ2n) is 3.56. The number of nitrogens with zero attached hydrogens (tertiary/aromatic N) is 1. The maximum atomic E-state index is 11.8.